The lowest BCUT2D eigenvalue weighted by Gasteiger charge is -2.32. The second-order valence-electron chi connectivity index (χ2n) is 4.00. The minimum atomic E-state index is -1.32. The molecule has 14 heavy (non-hydrogen) atoms. The lowest BCUT2D eigenvalue weighted by molar-refractivity contribution is 0.761. The Morgan fingerprint density at radius 2 is 1.36 bits per heavy atom. The van der Waals surface area contributed by atoms with Crippen LogP contribution in [0.25, 0.3) is 0 Å². The van der Waals surface area contributed by atoms with Gasteiger partial charge in [0.25, 0.3) is 0 Å². The Morgan fingerprint density at radius 3 is 1.71 bits per heavy atom. The molecule has 0 saturated carbocycles. The Hall–Kier alpha value is 0.137. The normalized spacial score (nSPS) is 12.0. The van der Waals surface area contributed by atoms with Gasteiger partial charge in [0.2, 0.25) is 8.40 Å². The maximum Gasteiger partial charge on any atom is 0.201 e. The first-order valence-electron chi connectivity index (χ1n) is 6.24. The Morgan fingerprint density at radius 1 is 0.786 bits per heavy atom. The zero-order chi connectivity index (χ0) is 10.9. The Kier molecular flexibility index (Phi) is 8.53. The largest absolute Gasteiger partial charge is 0.326 e. The summed E-state index contributed by atoms with van der Waals surface area (Å²) in [5.41, 5.74) is 0. The minimum absolute atomic E-state index is 1.11. The van der Waals surface area contributed by atoms with Gasteiger partial charge in [-0.15, -0.1) is 0 Å². The number of hydrogen-bond acceptors (Lipinski definition) is 2. The lowest BCUT2D eigenvalue weighted by atomic mass is 10.4. The molecule has 0 spiro atoms. The van der Waals surface area contributed by atoms with Crippen LogP contribution in [0.4, 0.5) is 0 Å². The molecule has 0 bridgehead atoms. The van der Waals surface area contributed by atoms with Gasteiger partial charge < -0.3 is 9.96 Å². The Labute approximate surface area is 91.0 Å². The molecule has 0 aromatic carbocycles. The van der Waals surface area contributed by atoms with E-state index in [1.807, 2.05) is 0 Å². The van der Waals surface area contributed by atoms with Crippen molar-refractivity contribution in [3.63, 3.8) is 0 Å². The van der Waals surface area contributed by atoms with E-state index in [-0.39, 0.29) is 0 Å². The predicted octanol–water partition coefficient (Wildman–Crippen LogP) is 2.86. The molecule has 0 atom stereocenters. The molecular weight excluding hydrogens is 188 g/mol. The summed E-state index contributed by atoms with van der Waals surface area (Å²) >= 11 is 0. The van der Waals surface area contributed by atoms with Crippen LogP contribution in [0.3, 0.4) is 0 Å². The predicted molar refractivity (Wildman–Crippen MR) is 67.9 cm³/mol. The van der Waals surface area contributed by atoms with E-state index in [4.69, 9.17) is 0 Å². The first kappa shape index (κ1) is 14.1. The molecule has 0 rings (SSSR count). The van der Waals surface area contributed by atoms with Gasteiger partial charge >= 0.3 is 0 Å². The summed E-state index contributed by atoms with van der Waals surface area (Å²) in [6.45, 7) is 11.2. The number of rotatable bonds is 9. The molecule has 0 amide bonds. The quantitative estimate of drug-likeness (QED) is 0.579. The van der Waals surface area contributed by atoms with E-state index in [2.05, 4.69) is 37.7 Å². The van der Waals surface area contributed by atoms with Gasteiger partial charge in [-0.2, -0.15) is 0 Å². The van der Waals surface area contributed by atoms with Crippen LogP contribution in [0.5, 0.6) is 0 Å². The van der Waals surface area contributed by atoms with Crippen molar-refractivity contribution in [2.45, 2.75) is 59.0 Å². The average Bonchev–Trinajstić information content (AvgIpc) is 2.16. The monoisotopic (exact) mass is 216 g/mol. The number of hydrogen-bond donors (Lipinski definition) is 2. The first-order valence-corrected chi connectivity index (χ1v) is 8.66. The molecule has 0 aliphatic carbocycles. The van der Waals surface area contributed by atoms with Gasteiger partial charge in [0.15, 0.2) is 0 Å². The van der Waals surface area contributed by atoms with Gasteiger partial charge in [0.1, 0.15) is 0 Å². The van der Waals surface area contributed by atoms with Crippen LogP contribution >= 0.6 is 0 Å². The van der Waals surface area contributed by atoms with Gasteiger partial charge in [0.05, 0.1) is 0 Å². The van der Waals surface area contributed by atoms with Crippen molar-refractivity contribution < 1.29 is 0 Å². The van der Waals surface area contributed by atoms with Crippen LogP contribution in [0, 0.1) is 0 Å². The molecule has 0 aliphatic heterocycles. The molecule has 0 aromatic heterocycles. The van der Waals surface area contributed by atoms with Crippen molar-refractivity contribution in [3.05, 3.63) is 0 Å². The van der Waals surface area contributed by atoms with Gasteiger partial charge in [-0.1, -0.05) is 47.0 Å². The SMILES string of the molecule is CCCC[Si](CCC)(NCC)NCC. The topological polar surface area (TPSA) is 24.1 Å². The lowest BCUT2D eigenvalue weighted by Crippen LogP contribution is -2.62. The molecule has 2 nitrogen and oxygen atoms in total. The molecule has 0 radical (unpaired) electrons. The third kappa shape index (κ3) is 5.13. The Bertz CT molecular complexity index is 111. The van der Waals surface area contributed by atoms with E-state index >= 15 is 0 Å². The van der Waals surface area contributed by atoms with Crippen molar-refractivity contribution >= 4 is 8.40 Å². The Balaban J connectivity index is 4.21. The highest BCUT2D eigenvalue weighted by Crippen LogP contribution is 2.15. The fourth-order valence-corrected chi connectivity index (χ4v) is 6.37. The molecule has 0 aliphatic rings. The van der Waals surface area contributed by atoms with E-state index in [1.54, 1.807) is 0 Å². The van der Waals surface area contributed by atoms with Crippen LogP contribution in [0.2, 0.25) is 12.1 Å². The highest BCUT2D eigenvalue weighted by molar-refractivity contribution is 6.75. The van der Waals surface area contributed by atoms with Crippen LogP contribution in [-0.2, 0) is 0 Å². The average molecular weight is 216 g/mol. The molecule has 2 N–H and O–H groups in total. The van der Waals surface area contributed by atoms with E-state index in [0.717, 1.165) is 13.1 Å². The van der Waals surface area contributed by atoms with Crippen molar-refractivity contribution in [2.24, 2.45) is 0 Å². The van der Waals surface area contributed by atoms with Crippen molar-refractivity contribution in [1.29, 1.82) is 0 Å². The zero-order valence-electron chi connectivity index (χ0n) is 10.4. The highest BCUT2D eigenvalue weighted by atomic mass is 28.3. The number of unbranched alkanes of at least 4 members (excludes halogenated alkanes) is 1. The maximum absolute atomic E-state index is 3.76. The second kappa shape index (κ2) is 8.45. The molecule has 0 aromatic rings. The summed E-state index contributed by atoms with van der Waals surface area (Å²) in [6.07, 6.45) is 3.98. The summed E-state index contributed by atoms with van der Waals surface area (Å²) in [7, 11) is -1.32. The minimum Gasteiger partial charge on any atom is -0.326 e. The zero-order valence-corrected chi connectivity index (χ0v) is 11.4. The summed E-state index contributed by atoms with van der Waals surface area (Å²) in [5, 5.41) is 0. The van der Waals surface area contributed by atoms with Gasteiger partial charge in [-0.25, -0.2) is 0 Å². The summed E-state index contributed by atoms with van der Waals surface area (Å²) in [4.78, 5) is 7.52. The molecule has 0 heterocycles. The summed E-state index contributed by atoms with van der Waals surface area (Å²) < 4.78 is 0. The van der Waals surface area contributed by atoms with Gasteiger partial charge in [0, 0.05) is 0 Å². The first-order chi connectivity index (χ1) is 6.74. The molecule has 86 valence electrons. The fraction of sp³-hybridized carbons (Fsp3) is 1.00. The van der Waals surface area contributed by atoms with E-state index in [1.165, 1.54) is 31.4 Å². The standard InChI is InChI=1S/C11H28N2Si/c1-5-9-11-14(10-6-2,12-7-3)13-8-4/h12-13H,5-11H2,1-4H3. The van der Waals surface area contributed by atoms with Crippen LogP contribution in [0.1, 0.15) is 47.0 Å². The molecule has 0 saturated heterocycles. The van der Waals surface area contributed by atoms with Crippen LogP contribution in [0.15, 0.2) is 0 Å². The van der Waals surface area contributed by atoms with Gasteiger partial charge in [-0.3, -0.25) is 0 Å². The third-order valence-corrected chi connectivity index (χ3v) is 7.29. The highest BCUT2D eigenvalue weighted by Gasteiger charge is 2.29. The third-order valence-electron chi connectivity index (χ3n) is 2.66. The summed E-state index contributed by atoms with van der Waals surface area (Å²) in [5.74, 6) is 0. The van der Waals surface area contributed by atoms with E-state index < -0.39 is 8.40 Å². The van der Waals surface area contributed by atoms with Crippen molar-refractivity contribution in [3.8, 4) is 0 Å². The molecular formula is C11H28N2Si. The van der Waals surface area contributed by atoms with Crippen LogP contribution < -0.4 is 9.96 Å². The fourth-order valence-electron chi connectivity index (χ4n) is 2.12. The van der Waals surface area contributed by atoms with Crippen LogP contribution in [-0.4, -0.2) is 21.5 Å². The van der Waals surface area contributed by atoms with Crippen molar-refractivity contribution in [1.82, 2.24) is 9.96 Å². The van der Waals surface area contributed by atoms with E-state index in [0.29, 0.717) is 0 Å². The molecule has 0 unspecified atom stereocenters. The van der Waals surface area contributed by atoms with Crippen molar-refractivity contribution in [2.75, 3.05) is 13.1 Å². The summed E-state index contributed by atoms with van der Waals surface area (Å²) in [6, 6.07) is 2.76. The maximum atomic E-state index is 3.76. The molecule has 0 fully saturated rings. The number of nitrogens with one attached hydrogen (secondary N) is 2. The second-order valence-corrected chi connectivity index (χ2v) is 7.87. The van der Waals surface area contributed by atoms with E-state index in [9.17, 15) is 0 Å². The van der Waals surface area contributed by atoms with Gasteiger partial charge in [-0.05, 0) is 25.2 Å². The smallest absolute Gasteiger partial charge is 0.201 e. The molecule has 3 heteroatoms.